The summed E-state index contributed by atoms with van der Waals surface area (Å²) in [5.74, 6) is 0.111. The van der Waals surface area contributed by atoms with Crippen LogP contribution in [-0.4, -0.2) is 16.8 Å². The SMILES string of the molecule is COc1cc(C=c2sc3n(c2=O)C(c2ccc(Cl)cc2)C2=C(N=3)c3ccccc3CC2)cc(Cl)c1O. The maximum absolute atomic E-state index is 13.8. The van der Waals surface area contributed by atoms with Crippen LogP contribution in [0.25, 0.3) is 11.8 Å². The molecule has 1 aromatic heterocycles. The lowest BCUT2D eigenvalue weighted by Crippen LogP contribution is -2.38. The summed E-state index contributed by atoms with van der Waals surface area (Å²) in [6.07, 6.45) is 3.47. The molecular formula is C28H20Cl2N2O3S. The van der Waals surface area contributed by atoms with Gasteiger partial charge in [-0.15, -0.1) is 0 Å². The van der Waals surface area contributed by atoms with E-state index in [0.717, 1.165) is 35.2 Å². The number of aromatic hydroxyl groups is 1. The van der Waals surface area contributed by atoms with Crippen molar-refractivity contribution in [2.24, 2.45) is 4.99 Å². The zero-order valence-corrected chi connectivity index (χ0v) is 21.5. The highest BCUT2D eigenvalue weighted by Gasteiger charge is 2.32. The average Bonchev–Trinajstić information content (AvgIpc) is 3.19. The highest BCUT2D eigenvalue weighted by Crippen LogP contribution is 2.41. The van der Waals surface area contributed by atoms with Crippen LogP contribution in [0.4, 0.5) is 0 Å². The van der Waals surface area contributed by atoms with E-state index in [4.69, 9.17) is 32.9 Å². The number of phenols is 1. The molecule has 2 aliphatic rings. The zero-order valence-electron chi connectivity index (χ0n) is 19.2. The number of aromatic nitrogens is 1. The minimum atomic E-state index is -0.276. The van der Waals surface area contributed by atoms with Crippen LogP contribution in [0.1, 0.15) is 34.7 Å². The average molecular weight is 535 g/mol. The van der Waals surface area contributed by atoms with Crippen LogP contribution in [0.3, 0.4) is 0 Å². The summed E-state index contributed by atoms with van der Waals surface area (Å²) in [5.41, 5.74) is 5.96. The first-order chi connectivity index (χ1) is 17.4. The second kappa shape index (κ2) is 8.96. The number of fused-ring (bicyclic) bond motifs is 3. The van der Waals surface area contributed by atoms with E-state index in [1.807, 2.05) is 30.3 Å². The van der Waals surface area contributed by atoms with Gasteiger partial charge in [0.15, 0.2) is 16.3 Å². The van der Waals surface area contributed by atoms with Crippen molar-refractivity contribution in [1.82, 2.24) is 4.57 Å². The Bertz CT molecular complexity index is 1740. The molecule has 1 atom stereocenters. The van der Waals surface area contributed by atoms with Crippen LogP contribution < -0.4 is 19.6 Å². The Kier molecular flexibility index (Phi) is 5.75. The lowest BCUT2D eigenvalue weighted by molar-refractivity contribution is 0.373. The van der Waals surface area contributed by atoms with Gasteiger partial charge in [0.2, 0.25) is 0 Å². The minimum Gasteiger partial charge on any atom is -0.503 e. The van der Waals surface area contributed by atoms with E-state index in [-0.39, 0.29) is 28.1 Å². The third-order valence-corrected chi connectivity index (χ3v) is 8.15. The Morgan fingerprint density at radius 2 is 1.89 bits per heavy atom. The Hall–Kier alpha value is -3.32. The number of phenolic OH excluding ortho intramolecular Hbond substituents is 1. The predicted molar refractivity (Wildman–Crippen MR) is 144 cm³/mol. The molecule has 1 aliphatic carbocycles. The van der Waals surface area contributed by atoms with E-state index in [2.05, 4.69) is 18.2 Å². The van der Waals surface area contributed by atoms with Gasteiger partial charge in [0, 0.05) is 10.6 Å². The number of hydrogen-bond acceptors (Lipinski definition) is 5. The van der Waals surface area contributed by atoms with Gasteiger partial charge in [0.05, 0.1) is 28.4 Å². The summed E-state index contributed by atoms with van der Waals surface area (Å²) in [7, 11) is 1.46. The van der Waals surface area contributed by atoms with Crippen molar-refractivity contribution in [3.8, 4) is 11.5 Å². The normalized spacial score (nSPS) is 16.8. The van der Waals surface area contributed by atoms with Crippen molar-refractivity contribution in [2.45, 2.75) is 18.9 Å². The van der Waals surface area contributed by atoms with Crippen molar-refractivity contribution in [1.29, 1.82) is 0 Å². The van der Waals surface area contributed by atoms with Crippen LogP contribution in [0.2, 0.25) is 10.0 Å². The van der Waals surface area contributed by atoms with Crippen molar-refractivity contribution < 1.29 is 9.84 Å². The van der Waals surface area contributed by atoms with E-state index in [9.17, 15) is 9.90 Å². The highest BCUT2D eigenvalue weighted by atomic mass is 35.5. The van der Waals surface area contributed by atoms with Crippen LogP contribution in [0.15, 0.2) is 76.0 Å². The first-order valence-electron chi connectivity index (χ1n) is 11.4. The smallest absolute Gasteiger partial charge is 0.271 e. The lowest BCUT2D eigenvalue weighted by atomic mass is 9.83. The Morgan fingerprint density at radius 1 is 1.11 bits per heavy atom. The Balaban J connectivity index is 1.61. The summed E-state index contributed by atoms with van der Waals surface area (Å²) in [6.45, 7) is 0. The molecule has 0 saturated carbocycles. The molecule has 1 unspecified atom stereocenters. The number of aryl methyl sites for hydroxylation is 1. The quantitative estimate of drug-likeness (QED) is 0.385. The van der Waals surface area contributed by atoms with Crippen molar-refractivity contribution in [3.63, 3.8) is 0 Å². The molecule has 0 amide bonds. The molecule has 180 valence electrons. The number of rotatable bonds is 3. The van der Waals surface area contributed by atoms with Gasteiger partial charge in [-0.05, 0) is 65.4 Å². The van der Waals surface area contributed by atoms with Crippen LogP contribution in [-0.2, 0) is 6.42 Å². The fraction of sp³-hybridized carbons (Fsp3) is 0.143. The van der Waals surface area contributed by atoms with E-state index in [1.54, 1.807) is 22.8 Å². The number of thiazole rings is 1. The molecule has 0 saturated heterocycles. The first-order valence-corrected chi connectivity index (χ1v) is 13.0. The molecule has 4 aromatic rings. The highest BCUT2D eigenvalue weighted by molar-refractivity contribution is 7.07. The van der Waals surface area contributed by atoms with Crippen molar-refractivity contribution >= 4 is 46.3 Å². The molecule has 0 radical (unpaired) electrons. The van der Waals surface area contributed by atoms with Crippen molar-refractivity contribution in [3.05, 3.63) is 118 Å². The van der Waals surface area contributed by atoms with E-state index < -0.39 is 0 Å². The number of benzene rings is 3. The molecule has 36 heavy (non-hydrogen) atoms. The summed E-state index contributed by atoms with van der Waals surface area (Å²) < 4.78 is 7.53. The second-order valence-corrected chi connectivity index (χ2v) is 10.6. The first kappa shape index (κ1) is 23.1. The van der Waals surface area contributed by atoms with Gasteiger partial charge >= 0.3 is 0 Å². The monoisotopic (exact) mass is 534 g/mol. The van der Waals surface area contributed by atoms with Gasteiger partial charge in [0.1, 0.15) is 0 Å². The molecule has 0 bridgehead atoms. The van der Waals surface area contributed by atoms with Gasteiger partial charge < -0.3 is 9.84 Å². The third-order valence-electron chi connectivity index (χ3n) is 6.63. The maximum atomic E-state index is 13.8. The van der Waals surface area contributed by atoms with Gasteiger partial charge in [-0.1, -0.05) is 70.9 Å². The van der Waals surface area contributed by atoms with Gasteiger partial charge in [-0.25, -0.2) is 4.99 Å². The summed E-state index contributed by atoms with van der Waals surface area (Å²) in [6, 6.07) is 19.0. The fourth-order valence-corrected chi connectivity index (χ4v) is 6.30. The number of hydrogen-bond donors (Lipinski definition) is 1. The molecular weight excluding hydrogens is 515 g/mol. The standard InChI is InChI=1S/C28H20Cl2N2O3S/c1-35-22-13-15(12-21(30)26(22)33)14-23-27(34)32-25(17-6-9-18(29)10-7-17)20-11-8-16-4-2-3-5-19(16)24(20)31-28(32)36-23/h2-7,9-10,12-14,25,33H,8,11H2,1H3. The molecule has 5 nitrogen and oxygen atoms in total. The van der Waals surface area contributed by atoms with Crippen LogP contribution >= 0.6 is 34.5 Å². The van der Waals surface area contributed by atoms with Crippen molar-refractivity contribution in [2.75, 3.05) is 7.11 Å². The summed E-state index contributed by atoms with van der Waals surface area (Å²) >= 11 is 13.7. The number of halogens is 2. The van der Waals surface area contributed by atoms with E-state index >= 15 is 0 Å². The number of allylic oxidation sites excluding steroid dienone is 1. The zero-order chi connectivity index (χ0) is 25.0. The van der Waals surface area contributed by atoms with Crippen LogP contribution in [0.5, 0.6) is 11.5 Å². The Labute approximate surface area is 220 Å². The fourth-order valence-electron chi connectivity index (χ4n) is 4.95. The molecule has 1 N–H and O–H groups in total. The summed E-state index contributed by atoms with van der Waals surface area (Å²) in [5, 5.41) is 10.9. The topological polar surface area (TPSA) is 63.8 Å². The number of methoxy groups -OCH3 is 1. The lowest BCUT2D eigenvalue weighted by Gasteiger charge is -2.30. The number of ether oxygens (including phenoxy) is 1. The van der Waals surface area contributed by atoms with E-state index in [0.29, 0.717) is 19.9 Å². The summed E-state index contributed by atoms with van der Waals surface area (Å²) in [4.78, 5) is 19.5. The number of nitrogens with zero attached hydrogens (tertiary/aromatic N) is 2. The molecule has 1 aliphatic heterocycles. The molecule has 8 heteroatoms. The second-order valence-electron chi connectivity index (χ2n) is 8.72. The maximum Gasteiger partial charge on any atom is 0.271 e. The largest absolute Gasteiger partial charge is 0.503 e. The molecule has 2 heterocycles. The molecule has 6 rings (SSSR count). The van der Waals surface area contributed by atoms with Gasteiger partial charge in [-0.3, -0.25) is 9.36 Å². The Morgan fingerprint density at radius 3 is 2.67 bits per heavy atom. The van der Waals surface area contributed by atoms with Gasteiger partial charge in [-0.2, -0.15) is 0 Å². The molecule has 3 aromatic carbocycles. The van der Waals surface area contributed by atoms with Crippen LogP contribution in [0, 0.1) is 0 Å². The third kappa shape index (κ3) is 3.77. The molecule has 0 spiro atoms. The van der Waals surface area contributed by atoms with E-state index in [1.165, 1.54) is 24.0 Å². The predicted octanol–water partition coefficient (Wildman–Crippen LogP) is 5.34. The van der Waals surface area contributed by atoms with Gasteiger partial charge in [0.25, 0.3) is 5.56 Å². The molecule has 0 fully saturated rings. The minimum absolute atomic E-state index is 0.132.